The van der Waals surface area contributed by atoms with Gasteiger partial charge in [-0.15, -0.1) is 23.7 Å². The molecular weight excluding hydrogens is 480 g/mol. The van der Waals surface area contributed by atoms with E-state index in [1.807, 2.05) is 27.1 Å². The van der Waals surface area contributed by atoms with Gasteiger partial charge in [0, 0.05) is 28.8 Å². The largest absolute Gasteiger partial charge is 0.309 e. The Kier molecular flexibility index (Phi) is 7.69. The molecule has 0 aliphatic heterocycles. The number of halogens is 1. The van der Waals surface area contributed by atoms with Gasteiger partial charge in [0.1, 0.15) is 0 Å². The van der Waals surface area contributed by atoms with Gasteiger partial charge in [0.2, 0.25) is 0 Å². The van der Waals surface area contributed by atoms with Gasteiger partial charge in [-0.05, 0) is 70.2 Å². The van der Waals surface area contributed by atoms with Gasteiger partial charge in [-0.25, -0.2) is 4.98 Å². The standard InChI is InChI=1S/C23H24N4O3S2.ClH/c1-14-10-15(2)21-18(11-14)24-23(32-21)26(9-5-8-25(3)4)22(28)20-13-16-12-17(27(29)30)6-7-19(16)31-20;/h6-7,10-13H,5,8-9H2,1-4H3;1H. The first-order valence-corrected chi connectivity index (χ1v) is 11.9. The van der Waals surface area contributed by atoms with E-state index in [0.29, 0.717) is 21.9 Å². The van der Waals surface area contributed by atoms with Crippen molar-refractivity contribution in [2.24, 2.45) is 0 Å². The summed E-state index contributed by atoms with van der Waals surface area (Å²) in [6.45, 7) is 5.50. The van der Waals surface area contributed by atoms with Crippen molar-refractivity contribution in [2.45, 2.75) is 20.3 Å². The molecule has 174 valence electrons. The quantitative estimate of drug-likeness (QED) is 0.226. The van der Waals surface area contributed by atoms with E-state index in [4.69, 9.17) is 4.98 Å². The van der Waals surface area contributed by atoms with E-state index < -0.39 is 4.92 Å². The molecule has 0 unspecified atom stereocenters. The number of nitro benzene ring substituents is 1. The van der Waals surface area contributed by atoms with Crippen LogP contribution in [0.2, 0.25) is 0 Å². The minimum Gasteiger partial charge on any atom is -0.309 e. The number of benzene rings is 2. The Bertz CT molecular complexity index is 1330. The second kappa shape index (κ2) is 10.1. The summed E-state index contributed by atoms with van der Waals surface area (Å²) in [6, 6.07) is 10.6. The smallest absolute Gasteiger partial charge is 0.270 e. The van der Waals surface area contributed by atoms with Crippen molar-refractivity contribution < 1.29 is 9.72 Å². The predicted molar refractivity (Wildman–Crippen MR) is 140 cm³/mol. The van der Waals surface area contributed by atoms with Gasteiger partial charge in [0.05, 0.1) is 20.0 Å². The molecule has 4 rings (SSSR count). The van der Waals surface area contributed by atoms with Crippen molar-refractivity contribution in [3.8, 4) is 0 Å². The number of thiazole rings is 1. The van der Waals surface area contributed by atoms with Gasteiger partial charge in [-0.1, -0.05) is 17.4 Å². The highest BCUT2D eigenvalue weighted by Crippen LogP contribution is 2.35. The van der Waals surface area contributed by atoms with Gasteiger partial charge in [-0.2, -0.15) is 0 Å². The van der Waals surface area contributed by atoms with Gasteiger partial charge >= 0.3 is 0 Å². The number of hydrogen-bond acceptors (Lipinski definition) is 7. The molecule has 2 aromatic carbocycles. The highest BCUT2D eigenvalue weighted by Gasteiger charge is 2.24. The summed E-state index contributed by atoms with van der Waals surface area (Å²) in [6.07, 6.45) is 0.809. The zero-order valence-corrected chi connectivity index (χ0v) is 21.3. The van der Waals surface area contributed by atoms with E-state index in [-0.39, 0.29) is 24.0 Å². The van der Waals surface area contributed by atoms with Gasteiger partial charge < -0.3 is 4.90 Å². The Morgan fingerprint density at radius 2 is 1.85 bits per heavy atom. The molecule has 0 saturated carbocycles. The van der Waals surface area contributed by atoms with Crippen LogP contribution in [0.1, 0.15) is 27.2 Å². The number of nitro groups is 1. The summed E-state index contributed by atoms with van der Waals surface area (Å²) in [5, 5.41) is 12.5. The van der Waals surface area contributed by atoms with Crippen LogP contribution in [0, 0.1) is 24.0 Å². The Hall–Kier alpha value is -2.59. The molecule has 10 heteroatoms. The zero-order chi connectivity index (χ0) is 23.0. The molecule has 0 aliphatic carbocycles. The molecule has 0 aliphatic rings. The molecular formula is C23H25ClN4O3S2. The minimum atomic E-state index is -0.419. The normalized spacial score (nSPS) is 11.2. The SMILES string of the molecule is Cc1cc(C)c2sc(N(CCCN(C)C)C(=O)c3cc4cc([N+](=O)[O-])ccc4s3)nc2c1.Cl. The van der Waals surface area contributed by atoms with Crippen molar-refractivity contribution in [2.75, 3.05) is 32.1 Å². The predicted octanol–water partition coefficient (Wildman–Crippen LogP) is 6.06. The van der Waals surface area contributed by atoms with Crippen molar-refractivity contribution in [1.29, 1.82) is 0 Å². The van der Waals surface area contributed by atoms with E-state index in [2.05, 4.69) is 17.9 Å². The number of hydrogen-bond donors (Lipinski definition) is 0. The minimum absolute atomic E-state index is 0. The molecule has 7 nitrogen and oxygen atoms in total. The van der Waals surface area contributed by atoms with E-state index in [0.717, 1.165) is 39.0 Å². The molecule has 0 N–H and O–H groups in total. The number of thiophene rings is 1. The van der Waals surface area contributed by atoms with Crippen molar-refractivity contribution in [1.82, 2.24) is 9.88 Å². The fourth-order valence-electron chi connectivity index (χ4n) is 3.69. The summed E-state index contributed by atoms with van der Waals surface area (Å²) in [5.74, 6) is -0.124. The van der Waals surface area contributed by atoms with Crippen LogP contribution in [0.25, 0.3) is 20.3 Å². The molecule has 33 heavy (non-hydrogen) atoms. The lowest BCUT2D eigenvalue weighted by Crippen LogP contribution is -2.32. The summed E-state index contributed by atoms with van der Waals surface area (Å²) in [7, 11) is 4.02. The third kappa shape index (κ3) is 5.33. The molecule has 0 bridgehead atoms. The van der Waals surface area contributed by atoms with Gasteiger partial charge in [-0.3, -0.25) is 19.8 Å². The number of non-ortho nitro benzene ring substituents is 1. The van der Waals surface area contributed by atoms with E-state index in [1.165, 1.54) is 34.8 Å². The number of aromatic nitrogens is 1. The van der Waals surface area contributed by atoms with Gasteiger partial charge in [0.15, 0.2) is 5.13 Å². The summed E-state index contributed by atoms with van der Waals surface area (Å²) >= 11 is 2.89. The van der Waals surface area contributed by atoms with Crippen LogP contribution in [-0.2, 0) is 0 Å². The van der Waals surface area contributed by atoms with Crippen LogP contribution in [0.5, 0.6) is 0 Å². The Morgan fingerprint density at radius 3 is 2.55 bits per heavy atom. The molecule has 4 aromatic rings. The lowest BCUT2D eigenvalue weighted by atomic mass is 10.1. The third-order valence-electron chi connectivity index (χ3n) is 5.19. The number of fused-ring (bicyclic) bond motifs is 2. The maximum Gasteiger partial charge on any atom is 0.270 e. The first-order valence-electron chi connectivity index (χ1n) is 10.3. The number of aryl methyl sites for hydroxylation is 2. The van der Waals surface area contributed by atoms with Crippen molar-refractivity contribution in [3.05, 3.63) is 62.5 Å². The second-order valence-corrected chi connectivity index (χ2v) is 10.2. The van der Waals surface area contributed by atoms with E-state index in [1.54, 1.807) is 17.0 Å². The number of rotatable bonds is 7. The number of carbonyl (C=O) groups is 1. The average molecular weight is 505 g/mol. The molecule has 0 radical (unpaired) electrons. The van der Waals surface area contributed by atoms with Crippen molar-refractivity contribution in [3.63, 3.8) is 0 Å². The number of anilines is 1. The first-order chi connectivity index (χ1) is 15.2. The van der Waals surface area contributed by atoms with Crippen LogP contribution in [-0.4, -0.2) is 47.9 Å². The molecule has 0 fully saturated rings. The topological polar surface area (TPSA) is 79.6 Å². The second-order valence-electron chi connectivity index (χ2n) is 8.13. The number of carbonyl (C=O) groups excluding carboxylic acids is 1. The average Bonchev–Trinajstić information content (AvgIpc) is 3.34. The number of nitrogens with zero attached hydrogens (tertiary/aromatic N) is 4. The molecule has 0 spiro atoms. The zero-order valence-electron chi connectivity index (χ0n) is 18.8. The fourth-order valence-corrected chi connectivity index (χ4v) is 5.72. The molecule has 0 saturated heterocycles. The fraction of sp³-hybridized carbons (Fsp3) is 0.304. The Balaban J connectivity index is 0.00000306. The highest BCUT2D eigenvalue weighted by molar-refractivity contribution is 7.23. The van der Waals surface area contributed by atoms with E-state index >= 15 is 0 Å². The highest BCUT2D eigenvalue weighted by atomic mass is 35.5. The summed E-state index contributed by atoms with van der Waals surface area (Å²) in [5.41, 5.74) is 3.22. The van der Waals surface area contributed by atoms with Crippen LogP contribution in [0.15, 0.2) is 36.4 Å². The van der Waals surface area contributed by atoms with Crippen LogP contribution in [0.3, 0.4) is 0 Å². The van der Waals surface area contributed by atoms with Crippen LogP contribution < -0.4 is 4.90 Å². The summed E-state index contributed by atoms with van der Waals surface area (Å²) < 4.78 is 1.94. The lowest BCUT2D eigenvalue weighted by molar-refractivity contribution is -0.384. The summed E-state index contributed by atoms with van der Waals surface area (Å²) in [4.78, 5) is 33.5. The monoisotopic (exact) mass is 504 g/mol. The van der Waals surface area contributed by atoms with E-state index in [9.17, 15) is 14.9 Å². The van der Waals surface area contributed by atoms with Crippen molar-refractivity contribution >= 4 is 72.1 Å². The molecule has 1 amide bonds. The number of amides is 1. The Labute approximate surface area is 206 Å². The first kappa shape index (κ1) is 25.0. The third-order valence-corrected chi connectivity index (χ3v) is 7.53. The molecule has 2 aromatic heterocycles. The van der Waals surface area contributed by atoms with Gasteiger partial charge in [0.25, 0.3) is 11.6 Å². The lowest BCUT2D eigenvalue weighted by Gasteiger charge is -2.20. The molecule has 0 atom stereocenters. The Morgan fingerprint density at radius 1 is 1.09 bits per heavy atom. The molecule has 2 heterocycles. The maximum absolute atomic E-state index is 13.6. The van der Waals surface area contributed by atoms with Crippen LogP contribution in [0.4, 0.5) is 10.8 Å². The van der Waals surface area contributed by atoms with Crippen LogP contribution >= 0.6 is 35.1 Å². The maximum atomic E-state index is 13.6.